The lowest BCUT2D eigenvalue weighted by atomic mass is 9.88. The Hall–Kier alpha value is -2.53. The number of esters is 1. The van der Waals surface area contributed by atoms with Crippen molar-refractivity contribution in [2.45, 2.75) is 39.2 Å². The van der Waals surface area contributed by atoms with Crippen LogP contribution in [-0.4, -0.2) is 24.6 Å². The Morgan fingerprint density at radius 3 is 2.50 bits per heavy atom. The molecule has 2 aromatic rings. The maximum atomic E-state index is 12.5. The summed E-state index contributed by atoms with van der Waals surface area (Å²) in [6.07, 6.45) is 0.510. The standard InChI is InChI=1S/C22H24ClNO4/c1-22(2,3)28-20(25)11-15-9-14-10-17(13-5-7-16(23)8-6-13)19(27-4)12-18(14)24-21(15)26/h5-8,10,12,15H,9,11H2,1-4H3,(H,24,26). The molecule has 148 valence electrons. The van der Waals surface area contributed by atoms with E-state index in [1.807, 2.05) is 57.2 Å². The van der Waals surface area contributed by atoms with Crippen LogP contribution in [0.3, 0.4) is 0 Å². The number of methoxy groups -OCH3 is 1. The van der Waals surface area contributed by atoms with Gasteiger partial charge in [0.1, 0.15) is 11.4 Å². The second-order valence-electron chi connectivity index (χ2n) is 7.90. The van der Waals surface area contributed by atoms with Crippen LogP contribution in [0.2, 0.25) is 5.02 Å². The van der Waals surface area contributed by atoms with Gasteiger partial charge in [0, 0.05) is 22.3 Å². The highest BCUT2D eigenvalue weighted by Gasteiger charge is 2.31. The topological polar surface area (TPSA) is 64.6 Å². The van der Waals surface area contributed by atoms with Gasteiger partial charge in [0.2, 0.25) is 5.91 Å². The largest absolute Gasteiger partial charge is 0.496 e. The zero-order chi connectivity index (χ0) is 20.5. The minimum absolute atomic E-state index is 0.0465. The lowest BCUT2D eigenvalue weighted by Crippen LogP contribution is -2.33. The number of fused-ring (bicyclic) bond motifs is 1. The van der Waals surface area contributed by atoms with Crippen molar-refractivity contribution < 1.29 is 19.1 Å². The summed E-state index contributed by atoms with van der Waals surface area (Å²) in [5, 5.41) is 3.55. The number of hydrogen-bond donors (Lipinski definition) is 1. The van der Waals surface area contributed by atoms with Crippen LogP contribution in [0.5, 0.6) is 5.75 Å². The van der Waals surface area contributed by atoms with E-state index in [4.69, 9.17) is 21.1 Å². The summed E-state index contributed by atoms with van der Waals surface area (Å²) in [7, 11) is 1.59. The molecule has 3 rings (SSSR count). The van der Waals surface area contributed by atoms with Gasteiger partial charge < -0.3 is 14.8 Å². The lowest BCUT2D eigenvalue weighted by Gasteiger charge is -2.27. The smallest absolute Gasteiger partial charge is 0.307 e. The fraction of sp³-hybridized carbons (Fsp3) is 0.364. The van der Waals surface area contributed by atoms with Crippen molar-refractivity contribution in [3.63, 3.8) is 0 Å². The molecule has 1 atom stereocenters. The molecule has 1 heterocycles. The van der Waals surface area contributed by atoms with Gasteiger partial charge in [-0.15, -0.1) is 0 Å². The fourth-order valence-electron chi connectivity index (χ4n) is 3.28. The molecule has 28 heavy (non-hydrogen) atoms. The number of carbonyl (C=O) groups excluding carboxylic acids is 2. The van der Waals surface area contributed by atoms with E-state index in [9.17, 15) is 9.59 Å². The van der Waals surface area contributed by atoms with E-state index >= 15 is 0 Å². The predicted molar refractivity (Wildman–Crippen MR) is 110 cm³/mol. The first kappa shape index (κ1) is 20.2. The summed E-state index contributed by atoms with van der Waals surface area (Å²) in [5.41, 5.74) is 2.96. The van der Waals surface area contributed by atoms with Crippen LogP contribution in [0.4, 0.5) is 5.69 Å². The van der Waals surface area contributed by atoms with E-state index in [-0.39, 0.29) is 18.3 Å². The summed E-state index contributed by atoms with van der Waals surface area (Å²) >= 11 is 5.99. The normalized spacial score (nSPS) is 16.2. The average molecular weight is 402 g/mol. The fourth-order valence-corrected chi connectivity index (χ4v) is 3.40. The summed E-state index contributed by atoms with van der Waals surface area (Å²) in [6, 6.07) is 11.3. The first-order valence-electron chi connectivity index (χ1n) is 9.16. The number of anilines is 1. The first-order valence-corrected chi connectivity index (χ1v) is 9.53. The van der Waals surface area contributed by atoms with Crippen LogP contribution < -0.4 is 10.1 Å². The molecule has 1 N–H and O–H groups in total. The molecule has 6 heteroatoms. The quantitative estimate of drug-likeness (QED) is 0.743. The highest BCUT2D eigenvalue weighted by atomic mass is 35.5. The van der Waals surface area contributed by atoms with Gasteiger partial charge >= 0.3 is 5.97 Å². The number of carbonyl (C=O) groups is 2. The molecular weight excluding hydrogens is 378 g/mol. The number of ether oxygens (including phenoxy) is 2. The zero-order valence-corrected chi connectivity index (χ0v) is 17.2. The SMILES string of the molecule is COc1cc2c(cc1-c1ccc(Cl)cc1)CC(CC(=O)OC(C)(C)C)C(=O)N2. The van der Waals surface area contributed by atoms with Crippen LogP contribution in [0.1, 0.15) is 32.8 Å². The Bertz CT molecular complexity index is 900. The molecule has 0 aromatic heterocycles. The third-order valence-corrected chi connectivity index (χ3v) is 4.76. The summed E-state index contributed by atoms with van der Waals surface area (Å²) in [5.74, 6) is -0.358. The van der Waals surface area contributed by atoms with E-state index in [1.165, 1.54) is 0 Å². The second kappa shape index (κ2) is 7.84. The highest BCUT2D eigenvalue weighted by molar-refractivity contribution is 6.30. The molecule has 0 fully saturated rings. The van der Waals surface area contributed by atoms with Crippen LogP contribution in [0.15, 0.2) is 36.4 Å². The van der Waals surface area contributed by atoms with Crippen LogP contribution in [0, 0.1) is 5.92 Å². The minimum Gasteiger partial charge on any atom is -0.496 e. The molecule has 0 bridgehead atoms. The van der Waals surface area contributed by atoms with Gasteiger partial charge in [0.05, 0.1) is 19.4 Å². The molecule has 0 radical (unpaired) electrons. The van der Waals surface area contributed by atoms with Gasteiger partial charge in [-0.25, -0.2) is 0 Å². The van der Waals surface area contributed by atoms with E-state index < -0.39 is 11.5 Å². The van der Waals surface area contributed by atoms with E-state index in [0.717, 1.165) is 16.7 Å². The first-order chi connectivity index (χ1) is 13.2. The Labute approximate surface area is 170 Å². The molecule has 1 aliphatic rings. The third kappa shape index (κ3) is 4.65. The molecule has 1 amide bonds. The zero-order valence-electron chi connectivity index (χ0n) is 16.5. The summed E-state index contributed by atoms with van der Waals surface area (Å²) in [4.78, 5) is 24.6. The molecule has 0 aliphatic carbocycles. The number of nitrogens with one attached hydrogen (secondary N) is 1. The molecule has 1 unspecified atom stereocenters. The highest BCUT2D eigenvalue weighted by Crippen LogP contribution is 2.38. The molecule has 1 aliphatic heterocycles. The summed E-state index contributed by atoms with van der Waals surface area (Å²) < 4.78 is 10.9. The van der Waals surface area contributed by atoms with Crippen molar-refractivity contribution in [2.75, 3.05) is 12.4 Å². The molecule has 0 saturated carbocycles. The van der Waals surface area contributed by atoms with Crippen LogP contribution in [-0.2, 0) is 20.7 Å². The monoisotopic (exact) mass is 401 g/mol. The van der Waals surface area contributed by atoms with E-state index in [0.29, 0.717) is 22.9 Å². The number of hydrogen-bond acceptors (Lipinski definition) is 4. The van der Waals surface area contributed by atoms with Crippen LogP contribution in [0.25, 0.3) is 11.1 Å². The number of amides is 1. The van der Waals surface area contributed by atoms with Gasteiger partial charge in [-0.05, 0) is 56.5 Å². The average Bonchev–Trinajstić information content (AvgIpc) is 2.60. The molecule has 0 spiro atoms. The molecule has 2 aromatic carbocycles. The Morgan fingerprint density at radius 1 is 1.21 bits per heavy atom. The molecule has 0 saturated heterocycles. The lowest BCUT2D eigenvalue weighted by molar-refractivity contribution is -0.157. The summed E-state index contributed by atoms with van der Waals surface area (Å²) in [6.45, 7) is 5.43. The maximum Gasteiger partial charge on any atom is 0.307 e. The predicted octanol–water partition coefficient (Wildman–Crippen LogP) is 4.86. The second-order valence-corrected chi connectivity index (χ2v) is 8.33. The molecular formula is C22H24ClNO4. The van der Waals surface area contributed by atoms with Crippen molar-refractivity contribution in [1.29, 1.82) is 0 Å². The van der Waals surface area contributed by atoms with Crippen LogP contribution >= 0.6 is 11.6 Å². The Morgan fingerprint density at radius 2 is 1.89 bits per heavy atom. The maximum absolute atomic E-state index is 12.5. The number of benzene rings is 2. The van der Waals surface area contributed by atoms with Crippen molar-refractivity contribution in [3.05, 3.63) is 47.0 Å². The number of halogens is 1. The van der Waals surface area contributed by atoms with Gasteiger partial charge in [-0.3, -0.25) is 9.59 Å². The van der Waals surface area contributed by atoms with Crippen molar-refractivity contribution in [3.8, 4) is 16.9 Å². The molecule has 5 nitrogen and oxygen atoms in total. The van der Waals surface area contributed by atoms with Gasteiger partial charge in [-0.1, -0.05) is 23.7 Å². The van der Waals surface area contributed by atoms with Crippen molar-refractivity contribution in [2.24, 2.45) is 5.92 Å². The van der Waals surface area contributed by atoms with Gasteiger partial charge in [-0.2, -0.15) is 0 Å². The van der Waals surface area contributed by atoms with E-state index in [1.54, 1.807) is 7.11 Å². The Kier molecular flexibility index (Phi) is 5.66. The Balaban J connectivity index is 1.88. The van der Waals surface area contributed by atoms with Crippen molar-refractivity contribution >= 4 is 29.2 Å². The van der Waals surface area contributed by atoms with E-state index in [2.05, 4.69) is 5.32 Å². The third-order valence-electron chi connectivity index (χ3n) is 4.51. The van der Waals surface area contributed by atoms with Gasteiger partial charge in [0.25, 0.3) is 0 Å². The van der Waals surface area contributed by atoms with Crippen molar-refractivity contribution in [1.82, 2.24) is 0 Å². The number of rotatable bonds is 4. The van der Waals surface area contributed by atoms with Gasteiger partial charge in [0.15, 0.2) is 0 Å². The minimum atomic E-state index is -0.574.